The molecule has 0 spiro atoms. The van der Waals surface area contributed by atoms with E-state index in [1.165, 1.54) is 18.2 Å². The molecule has 6 nitrogen and oxygen atoms in total. The minimum atomic E-state index is -1.14. The van der Waals surface area contributed by atoms with E-state index < -0.39 is 17.5 Å². The molecule has 2 aromatic carbocycles. The predicted octanol–water partition coefficient (Wildman–Crippen LogP) is 6.06. The zero-order valence-corrected chi connectivity index (χ0v) is 19.9. The Labute approximate surface area is 202 Å². The largest absolute Gasteiger partial charge is 0.382 e. The van der Waals surface area contributed by atoms with E-state index in [-0.39, 0.29) is 0 Å². The Kier molecular flexibility index (Phi) is 6.22. The fraction of sp³-hybridized carbons (Fsp3) is 0.231. The summed E-state index contributed by atoms with van der Waals surface area (Å²) in [4.78, 5) is 13.2. The predicted molar refractivity (Wildman–Crippen MR) is 131 cm³/mol. The average molecular weight is 476 g/mol. The van der Waals surface area contributed by atoms with Gasteiger partial charge >= 0.3 is 0 Å². The first-order chi connectivity index (χ1) is 16.1. The van der Waals surface area contributed by atoms with Crippen molar-refractivity contribution < 1.29 is 9.50 Å². The standard InChI is InChI=1S/C26H23ClFN5O/c1-14(19-9-16(11-29)5-7-21(19)28)33-24-20-10-17(6-8-22(20)32-15(2)23(24)27)18-12-30-25(31-13-18)26(3,4)34/h5-10,12-14,34H,1-4H3,(H,32,33)/t14-/m1/s1. The van der Waals surface area contributed by atoms with E-state index in [1.54, 1.807) is 26.2 Å². The van der Waals surface area contributed by atoms with Crippen molar-refractivity contribution in [3.63, 3.8) is 0 Å². The van der Waals surface area contributed by atoms with Crippen LogP contribution >= 0.6 is 11.6 Å². The molecule has 0 unspecified atom stereocenters. The molecule has 1 atom stereocenters. The molecular formula is C26H23ClFN5O. The molecule has 2 aromatic heterocycles. The smallest absolute Gasteiger partial charge is 0.159 e. The van der Waals surface area contributed by atoms with Crippen LogP contribution in [0.15, 0.2) is 48.8 Å². The summed E-state index contributed by atoms with van der Waals surface area (Å²) in [6, 6.07) is 11.6. The lowest BCUT2D eigenvalue weighted by Crippen LogP contribution is -2.19. The van der Waals surface area contributed by atoms with Gasteiger partial charge in [0.25, 0.3) is 0 Å². The van der Waals surface area contributed by atoms with Crippen molar-refractivity contribution in [1.29, 1.82) is 5.26 Å². The van der Waals surface area contributed by atoms with Crippen LogP contribution in [0.5, 0.6) is 0 Å². The van der Waals surface area contributed by atoms with E-state index in [1.807, 2.05) is 38.1 Å². The number of hydrogen-bond acceptors (Lipinski definition) is 6. The average Bonchev–Trinajstić information content (AvgIpc) is 2.81. The van der Waals surface area contributed by atoms with Gasteiger partial charge in [0.2, 0.25) is 0 Å². The summed E-state index contributed by atoms with van der Waals surface area (Å²) >= 11 is 6.65. The van der Waals surface area contributed by atoms with Gasteiger partial charge in [-0.3, -0.25) is 4.98 Å². The molecule has 2 heterocycles. The number of pyridine rings is 1. The number of hydrogen-bond donors (Lipinski definition) is 2. The molecule has 0 amide bonds. The van der Waals surface area contributed by atoms with Gasteiger partial charge in [0.15, 0.2) is 5.82 Å². The zero-order chi connectivity index (χ0) is 24.6. The maximum Gasteiger partial charge on any atom is 0.159 e. The number of aliphatic hydroxyl groups is 1. The number of fused-ring (bicyclic) bond motifs is 1. The van der Waals surface area contributed by atoms with Gasteiger partial charge in [-0.25, -0.2) is 14.4 Å². The van der Waals surface area contributed by atoms with Gasteiger partial charge in [-0.05, 0) is 63.6 Å². The van der Waals surface area contributed by atoms with E-state index in [9.17, 15) is 14.8 Å². The van der Waals surface area contributed by atoms with Crippen molar-refractivity contribution in [2.45, 2.75) is 39.3 Å². The number of aromatic nitrogens is 3. The highest BCUT2D eigenvalue weighted by Crippen LogP contribution is 2.37. The first kappa shape index (κ1) is 23.6. The van der Waals surface area contributed by atoms with Crippen molar-refractivity contribution in [2.75, 3.05) is 5.32 Å². The van der Waals surface area contributed by atoms with Gasteiger partial charge in [-0.15, -0.1) is 0 Å². The molecular weight excluding hydrogens is 453 g/mol. The molecule has 0 radical (unpaired) electrons. The van der Waals surface area contributed by atoms with Crippen LogP contribution in [0.2, 0.25) is 5.02 Å². The highest BCUT2D eigenvalue weighted by atomic mass is 35.5. The molecule has 4 aromatic rings. The normalized spacial score (nSPS) is 12.4. The van der Waals surface area contributed by atoms with Crippen molar-refractivity contribution in [2.24, 2.45) is 0 Å². The van der Waals surface area contributed by atoms with Crippen molar-refractivity contribution in [3.05, 3.63) is 82.3 Å². The van der Waals surface area contributed by atoms with Crippen LogP contribution in [0.1, 0.15) is 49.5 Å². The topological polar surface area (TPSA) is 94.7 Å². The Bertz CT molecular complexity index is 1420. The maximum atomic E-state index is 14.5. The second-order valence-electron chi connectivity index (χ2n) is 8.69. The Morgan fingerprint density at radius 1 is 1.12 bits per heavy atom. The summed E-state index contributed by atoms with van der Waals surface area (Å²) in [5.41, 5.74) is 3.19. The molecule has 0 fully saturated rings. The summed E-state index contributed by atoms with van der Waals surface area (Å²) in [6.45, 7) is 6.88. The number of nitrogens with zero attached hydrogens (tertiary/aromatic N) is 4. The van der Waals surface area contributed by atoms with Crippen LogP contribution in [-0.2, 0) is 5.60 Å². The number of halogens is 2. The van der Waals surface area contributed by atoms with Gasteiger partial charge in [-0.2, -0.15) is 5.26 Å². The van der Waals surface area contributed by atoms with Gasteiger partial charge in [0.1, 0.15) is 11.4 Å². The monoisotopic (exact) mass is 475 g/mol. The van der Waals surface area contributed by atoms with E-state index >= 15 is 0 Å². The molecule has 0 aliphatic rings. The van der Waals surface area contributed by atoms with Crippen molar-refractivity contribution >= 4 is 28.2 Å². The Morgan fingerprint density at radius 3 is 2.47 bits per heavy atom. The van der Waals surface area contributed by atoms with E-state index in [0.717, 1.165) is 22.0 Å². The Hall–Kier alpha value is -3.60. The summed E-state index contributed by atoms with van der Waals surface area (Å²) in [5.74, 6) is -0.0786. The van der Waals surface area contributed by atoms with Gasteiger partial charge < -0.3 is 10.4 Å². The quantitative estimate of drug-likeness (QED) is 0.364. The second-order valence-corrected chi connectivity index (χ2v) is 9.06. The third-order valence-electron chi connectivity index (χ3n) is 5.58. The Morgan fingerprint density at radius 2 is 1.82 bits per heavy atom. The number of rotatable bonds is 5. The van der Waals surface area contributed by atoms with Gasteiger partial charge in [-0.1, -0.05) is 17.7 Å². The van der Waals surface area contributed by atoms with Crippen LogP contribution in [0, 0.1) is 24.1 Å². The van der Waals surface area contributed by atoms with Gasteiger partial charge in [0, 0.05) is 28.9 Å². The Balaban J connectivity index is 1.79. The number of anilines is 1. The summed E-state index contributed by atoms with van der Waals surface area (Å²) in [5, 5.41) is 23.8. The summed E-state index contributed by atoms with van der Waals surface area (Å²) in [7, 11) is 0. The first-order valence-electron chi connectivity index (χ1n) is 10.7. The number of benzene rings is 2. The highest BCUT2D eigenvalue weighted by molar-refractivity contribution is 6.35. The lowest BCUT2D eigenvalue weighted by Gasteiger charge is -2.20. The molecule has 0 saturated carbocycles. The lowest BCUT2D eigenvalue weighted by molar-refractivity contribution is 0.0687. The minimum Gasteiger partial charge on any atom is -0.382 e. The summed E-state index contributed by atoms with van der Waals surface area (Å²) < 4.78 is 14.5. The molecule has 172 valence electrons. The molecule has 0 saturated heterocycles. The highest BCUT2D eigenvalue weighted by Gasteiger charge is 2.20. The molecule has 2 N–H and O–H groups in total. The molecule has 0 aliphatic carbocycles. The van der Waals surface area contributed by atoms with Crippen LogP contribution in [0.4, 0.5) is 10.1 Å². The maximum absolute atomic E-state index is 14.5. The summed E-state index contributed by atoms with van der Waals surface area (Å²) in [6.07, 6.45) is 3.31. The molecule has 0 aliphatic heterocycles. The first-order valence-corrected chi connectivity index (χ1v) is 11.1. The number of aryl methyl sites for hydroxylation is 1. The van der Waals surface area contributed by atoms with Crippen molar-refractivity contribution in [1.82, 2.24) is 15.0 Å². The molecule has 4 rings (SSSR count). The SMILES string of the molecule is Cc1nc2ccc(-c3cnc(C(C)(C)O)nc3)cc2c(N[C@H](C)c2cc(C#N)ccc2F)c1Cl. The van der Waals surface area contributed by atoms with Crippen LogP contribution < -0.4 is 5.32 Å². The van der Waals surface area contributed by atoms with E-state index in [4.69, 9.17) is 11.6 Å². The van der Waals surface area contributed by atoms with Crippen LogP contribution in [0.25, 0.3) is 22.0 Å². The molecule has 8 heteroatoms. The lowest BCUT2D eigenvalue weighted by atomic mass is 10.0. The van der Waals surface area contributed by atoms with Gasteiger partial charge in [0.05, 0.1) is 39.6 Å². The van der Waals surface area contributed by atoms with E-state index in [2.05, 4.69) is 20.3 Å². The zero-order valence-electron chi connectivity index (χ0n) is 19.2. The van der Waals surface area contributed by atoms with E-state index in [0.29, 0.717) is 33.4 Å². The number of nitrogens with one attached hydrogen (secondary N) is 1. The van der Waals surface area contributed by atoms with Crippen LogP contribution in [-0.4, -0.2) is 20.1 Å². The fourth-order valence-corrected chi connectivity index (χ4v) is 3.91. The van der Waals surface area contributed by atoms with Crippen molar-refractivity contribution in [3.8, 4) is 17.2 Å². The second kappa shape index (κ2) is 8.98. The third kappa shape index (κ3) is 4.56. The van der Waals surface area contributed by atoms with Crippen LogP contribution in [0.3, 0.4) is 0 Å². The minimum absolute atomic E-state index is 0.329. The molecule has 0 bridgehead atoms. The fourth-order valence-electron chi connectivity index (χ4n) is 3.72. The molecule has 34 heavy (non-hydrogen) atoms. The third-order valence-corrected chi connectivity index (χ3v) is 6.04. The number of nitriles is 1.